The highest BCUT2D eigenvalue weighted by atomic mass is 35.5. The second-order valence-corrected chi connectivity index (χ2v) is 1.63. The molecule has 0 aromatic rings. The third-order valence-corrected chi connectivity index (χ3v) is 0.841. The molecule has 64 valence electrons. The van der Waals surface area contributed by atoms with Gasteiger partial charge >= 0.3 is 6.18 Å². The van der Waals surface area contributed by atoms with Crippen LogP contribution in [0.15, 0.2) is 0 Å². The van der Waals surface area contributed by atoms with Gasteiger partial charge in [-0.05, 0) is 6.42 Å². The van der Waals surface area contributed by atoms with Crippen molar-refractivity contribution in [3.63, 3.8) is 0 Å². The highest BCUT2D eigenvalue weighted by molar-refractivity contribution is 5.85. The zero-order valence-corrected chi connectivity index (χ0v) is 5.81. The molecule has 1 nitrogen and oxygen atoms in total. The van der Waals surface area contributed by atoms with Crippen molar-refractivity contribution in [2.75, 3.05) is 6.67 Å². The summed E-state index contributed by atoms with van der Waals surface area (Å²) in [7, 11) is 0. The number of nitrogens with two attached hydrogens (primary N) is 1. The van der Waals surface area contributed by atoms with Gasteiger partial charge in [-0.2, -0.15) is 13.2 Å². The first-order valence-corrected chi connectivity index (χ1v) is 2.36. The summed E-state index contributed by atoms with van der Waals surface area (Å²) >= 11 is 0. The minimum absolute atomic E-state index is 0. The average Bonchev–Trinajstić information content (AvgIpc) is 1.64. The van der Waals surface area contributed by atoms with Gasteiger partial charge in [0.2, 0.25) is 0 Å². The van der Waals surface area contributed by atoms with E-state index in [9.17, 15) is 17.6 Å². The molecule has 0 bridgehead atoms. The minimum atomic E-state index is -4.45. The lowest BCUT2D eigenvalue weighted by Crippen LogP contribution is -2.37. The highest BCUT2D eigenvalue weighted by Crippen LogP contribution is 2.20. The SMILES string of the molecule is Cl.N[C@H](CCF)C(F)(F)F. The van der Waals surface area contributed by atoms with Crippen LogP contribution >= 0.6 is 12.4 Å². The Morgan fingerprint density at radius 3 is 1.80 bits per heavy atom. The van der Waals surface area contributed by atoms with Crippen LogP contribution in [0.5, 0.6) is 0 Å². The molecule has 0 aliphatic rings. The Morgan fingerprint density at radius 2 is 1.70 bits per heavy atom. The lowest BCUT2D eigenvalue weighted by molar-refractivity contribution is -0.149. The topological polar surface area (TPSA) is 26.0 Å². The van der Waals surface area contributed by atoms with Crippen molar-refractivity contribution in [2.45, 2.75) is 18.6 Å². The molecule has 0 aliphatic heterocycles. The van der Waals surface area contributed by atoms with Crippen LogP contribution in [0.1, 0.15) is 6.42 Å². The molecule has 0 radical (unpaired) electrons. The van der Waals surface area contributed by atoms with Gasteiger partial charge < -0.3 is 5.73 Å². The van der Waals surface area contributed by atoms with E-state index in [1.165, 1.54) is 0 Å². The van der Waals surface area contributed by atoms with E-state index < -0.39 is 25.3 Å². The largest absolute Gasteiger partial charge is 0.403 e. The van der Waals surface area contributed by atoms with Crippen LogP contribution in [0, 0.1) is 0 Å². The number of halogens is 5. The molecule has 0 unspecified atom stereocenters. The first-order valence-electron chi connectivity index (χ1n) is 2.36. The predicted molar refractivity (Wildman–Crippen MR) is 31.9 cm³/mol. The van der Waals surface area contributed by atoms with Crippen LogP contribution < -0.4 is 5.73 Å². The Kier molecular flexibility index (Phi) is 5.98. The maximum Gasteiger partial charge on any atom is 0.403 e. The average molecular weight is 182 g/mol. The normalized spacial score (nSPS) is 14.1. The molecule has 6 heteroatoms. The fourth-order valence-corrected chi connectivity index (χ4v) is 0.281. The maximum atomic E-state index is 11.3. The Bertz CT molecular complexity index is 83.8. The molecule has 10 heavy (non-hydrogen) atoms. The van der Waals surface area contributed by atoms with Crippen molar-refractivity contribution in [3.05, 3.63) is 0 Å². The smallest absolute Gasteiger partial charge is 0.320 e. The first-order chi connectivity index (χ1) is 3.98. The van der Waals surface area contributed by atoms with Gasteiger partial charge in [-0.1, -0.05) is 0 Å². The zero-order valence-electron chi connectivity index (χ0n) is 4.99. The molecule has 0 fully saturated rings. The molecular formula is C4H8ClF4N. The third kappa shape index (κ3) is 4.81. The lowest BCUT2D eigenvalue weighted by atomic mass is 10.2. The minimum Gasteiger partial charge on any atom is -0.320 e. The molecular weight excluding hydrogens is 173 g/mol. The van der Waals surface area contributed by atoms with Gasteiger partial charge in [-0.3, -0.25) is 4.39 Å². The number of hydrogen-bond donors (Lipinski definition) is 1. The third-order valence-electron chi connectivity index (χ3n) is 0.841. The number of rotatable bonds is 2. The molecule has 0 amide bonds. The van der Waals surface area contributed by atoms with Crippen LogP contribution in [0.4, 0.5) is 17.6 Å². The summed E-state index contributed by atoms with van der Waals surface area (Å²) in [4.78, 5) is 0. The van der Waals surface area contributed by atoms with Crippen LogP contribution in [0.3, 0.4) is 0 Å². The van der Waals surface area contributed by atoms with Crippen molar-refractivity contribution < 1.29 is 17.6 Å². The van der Waals surface area contributed by atoms with E-state index in [0.29, 0.717) is 0 Å². The van der Waals surface area contributed by atoms with Crippen LogP contribution in [-0.4, -0.2) is 18.9 Å². The van der Waals surface area contributed by atoms with Gasteiger partial charge in [0.25, 0.3) is 0 Å². The number of hydrogen-bond acceptors (Lipinski definition) is 1. The summed E-state index contributed by atoms with van der Waals surface area (Å²) in [5.74, 6) is 0. The zero-order chi connectivity index (χ0) is 7.49. The van der Waals surface area contributed by atoms with Gasteiger partial charge in [0.05, 0.1) is 6.67 Å². The number of alkyl halides is 4. The lowest BCUT2D eigenvalue weighted by Gasteiger charge is -2.12. The summed E-state index contributed by atoms with van der Waals surface area (Å²) in [5.41, 5.74) is 4.50. The van der Waals surface area contributed by atoms with Gasteiger partial charge in [0, 0.05) is 0 Å². The molecule has 0 aromatic heterocycles. The van der Waals surface area contributed by atoms with E-state index in [2.05, 4.69) is 5.73 Å². The Balaban J connectivity index is 0. The van der Waals surface area contributed by atoms with Crippen molar-refractivity contribution >= 4 is 12.4 Å². The second-order valence-electron chi connectivity index (χ2n) is 1.63. The monoisotopic (exact) mass is 181 g/mol. The molecule has 0 heterocycles. The Morgan fingerprint density at radius 1 is 1.30 bits per heavy atom. The van der Waals surface area contributed by atoms with E-state index in [-0.39, 0.29) is 12.4 Å². The van der Waals surface area contributed by atoms with Gasteiger partial charge in [0.15, 0.2) is 0 Å². The van der Waals surface area contributed by atoms with E-state index in [4.69, 9.17) is 0 Å². The summed E-state index contributed by atoms with van der Waals surface area (Å²) < 4.78 is 45.2. The molecule has 0 spiro atoms. The molecule has 0 aromatic carbocycles. The van der Waals surface area contributed by atoms with Gasteiger partial charge in [-0.25, -0.2) is 0 Å². The summed E-state index contributed by atoms with van der Waals surface area (Å²) in [6.45, 7) is -1.03. The molecule has 0 saturated heterocycles. The maximum absolute atomic E-state index is 11.3. The Labute approximate surface area is 62.0 Å². The predicted octanol–water partition coefficient (Wildman–Crippen LogP) is 1.66. The van der Waals surface area contributed by atoms with Crippen molar-refractivity contribution in [3.8, 4) is 0 Å². The van der Waals surface area contributed by atoms with Crippen molar-refractivity contribution in [2.24, 2.45) is 5.73 Å². The van der Waals surface area contributed by atoms with E-state index in [0.717, 1.165) is 0 Å². The molecule has 0 aliphatic carbocycles. The Hall–Kier alpha value is -0.0300. The van der Waals surface area contributed by atoms with E-state index in [1.807, 2.05) is 0 Å². The van der Waals surface area contributed by atoms with Crippen molar-refractivity contribution in [1.29, 1.82) is 0 Å². The fraction of sp³-hybridized carbons (Fsp3) is 1.00. The summed E-state index contributed by atoms with van der Waals surface area (Å²) in [6.07, 6.45) is -5.10. The standard InChI is InChI=1S/C4H7F4N.ClH/c5-2-1-3(9)4(6,7)8;/h3H,1-2,9H2;1H/t3-;/m1./s1. The fourth-order valence-electron chi connectivity index (χ4n) is 0.281. The van der Waals surface area contributed by atoms with E-state index >= 15 is 0 Å². The van der Waals surface area contributed by atoms with Crippen LogP contribution in [-0.2, 0) is 0 Å². The molecule has 0 rings (SSSR count). The first kappa shape index (κ1) is 12.6. The second kappa shape index (κ2) is 4.73. The van der Waals surface area contributed by atoms with Crippen molar-refractivity contribution in [1.82, 2.24) is 0 Å². The molecule has 1 atom stereocenters. The quantitative estimate of drug-likeness (QED) is 0.645. The van der Waals surface area contributed by atoms with Crippen LogP contribution in [0.25, 0.3) is 0 Å². The highest BCUT2D eigenvalue weighted by Gasteiger charge is 2.35. The molecule has 2 N–H and O–H groups in total. The summed E-state index contributed by atoms with van der Waals surface area (Å²) in [5, 5.41) is 0. The van der Waals surface area contributed by atoms with Gasteiger partial charge in [0.1, 0.15) is 6.04 Å². The molecule has 0 saturated carbocycles. The van der Waals surface area contributed by atoms with E-state index in [1.54, 1.807) is 0 Å². The summed E-state index contributed by atoms with van der Waals surface area (Å²) in [6, 6.07) is -2.01. The van der Waals surface area contributed by atoms with Crippen LogP contribution in [0.2, 0.25) is 0 Å². The van der Waals surface area contributed by atoms with Gasteiger partial charge in [-0.15, -0.1) is 12.4 Å².